The number of benzene rings is 2. The topological polar surface area (TPSA) is 128 Å². The zero-order valence-electron chi connectivity index (χ0n) is 14.1. The van der Waals surface area contributed by atoms with Crippen LogP contribution in [0.25, 0.3) is 0 Å². The SMILES string of the molecule is CNC(=O)COc1ccc(S(=O)(=O)Nc2ccc([N+](=O)[O-])cc2C)cc1. The van der Waals surface area contributed by atoms with Crippen LogP contribution in [0.4, 0.5) is 11.4 Å². The van der Waals surface area contributed by atoms with Crippen molar-refractivity contribution in [2.75, 3.05) is 18.4 Å². The van der Waals surface area contributed by atoms with E-state index in [1.54, 1.807) is 6.92 Å². The number of hydrogen-bond acceptors (Lipinski definition) is 6. The van der Waals surface area contributed by atoms with Crippen LogP contribution in [0.3, 0.4) is 0 Å². The molecule has 0 aromatic heterocycles. The minimum atomic E-state index is -3.88. The third-order valence-electron chi connectivity index (χ3n) is 3.45. The summed E-state index contributed by atoms with van der Waals surface area (Å²) in [7, 11) is -2.40. The van der Waals surface area contributed by atoms with Gasteiger partial charge in [-0.25, -0.2) is 8.42 Å². The molecule has 0 spiro atoms. The molecule has 0 heterocycles. The van der Waals surface area contributed by atoms with Gasteiger partial charge in [-0.05, 0) is 42.8 Å². The minimum absolute atomic E-state index is 0.0115. The molecule has 9 nitrogen and oxygen atoms in total. The molecule has 0 aliphatic carbocycles. The number of carbonyl (C=O) groups excluding carboxylic acids is 1. The number of rotatable bonds is 7. The highest BCUT2D eigenvalue weighted by atomic mass is 32.2. The first kappa shape index (κ1) is 19.2. The zero-order valence-corrected chi connectivity index (χ0v) is 14.9. The van der Waals surface area contributed by atoms with Gasteiger partial charge in [0.15, 0.2) is 6.61 Å². The maximum absolute atomic E-state index is 12.4. The Kier molecular flexibility index (Phi) is 5.78. The Morgan fingerprint density at radius 2 is 1.85 bits per heavy atom. The quantitative estimate of drug-likeness (QED) is 0.558. The Bertz CT molecular complexity index is 926. The Labute approximate surface area is 150 Å². The van der Waals surface area contributed by atoms with Crippen molar-refractivity contribution < 1.29 is 22.9 Å². The van der Waals surface area contributed by atoms with Crippen LogP contribution in [0.15, 0.2) is 47.4 Å². The van der Waals surface area contributed by atoms with Gasteiger partial charge in [0.05, 0.1) is 15.5 Å². The lowest BCUT2D eigenvalue weighted by atomic mass is 10.2. The summed E-state index contributed by atoms with van der Waals surface area (Å²) in [5, 5.41) is 13.2. The van der Waals surface area contributed by atoms with Crippen LogP contribution in [-0.4, -0.2) is 32.9 Å². The van der Waals surface area contributed by atoms with E-state index in [4.69, 9.17) is 4.74 Å². The summed E-state index contributed by atoms with van der Waals surface area (Å²) < 4.78 is 32.5. The minimum Gasteiger partial charge on any atom is -0.484 e. The number of hydrogen-bond donors (Lipinski definition) is 2. The van der Waals surface area contributed by atoms with Gasteiger partial charge < -0.3 is 10.1 Å². The van der Waals surface area contributed by atoms with E-state index in [9.17, 15) is 23.3 Å². The van der Waals surface area contributed by atoms with E-state index in [1.807, 2.05) is 0 Å². The number of nitro benzene ring substituents is 1. The number of carbonyl (C=O) groups is 1. The van der Waals surface area contributed by atoms with Crippen LogP contribution in [-0.2, 0) is 14.8 Å². The summed E-state index contributed by atoms with van der Waals surface area (Å²) in [5.41, 5.74) is 0.548. The van der Waals surface area contributed by atoms with Crippen molar-refractivity contribution in [3.05, 3.63) is 58.1 Å². The summed E-state index contributed by atoms with van der Waals surface area (Å²) >= 11 is 0. The molecule has 1 amide bonds. The van der Waals surface area contributed by atoms with Crippen LogP contribution in [0.5, 0.6) is 5.75 Å². The molecule has 10 heteroatoms. The van der Waals surface area contributed by atoms with E-state index in [2.05, 4.69) is 10.0 Å². The number of nitrogens with one attached hydrogen (secondary N) is 2. The molecule has 26 heavy (non-hydrogen) atoms. The molecule has 0 aliphatic heterocycles. The van der Waals surface area contributed by atoms with E-state index in [1.165, 1.54) is 49.5 Å². The van der Waals surface area contributed by atoms with Crippen molar-refractivity contribution in [3.63, 3.8) is 0 Å². The van der Waals surface area contributed by atoms with Gasteiger partial charge in [-0.2, -0.15) is 0 Å². The average Bonchev–Trinajstić information content (AvgIpc) is 2.61. The summed E-state index contributed by atoms with van der Waals surface area (Å²) in [5.74, 6) is 0.0380. The molecule has 2 N–H and O–H groups in total. The van der Waals surface area contributed by atoms with Crippen LogP contribution in [0.2, 0.25) is 0 Å². The molecule has 2 rings (SSSR count). The fourth-order valence-corrected chi connectivity index (χ4v) is 3.15. The summed E-state index contributed by atoms with van der Waals surface area (Å²) in [6.07, 6.45) is 0. The number of aryl methyl sites for hydroxylation is 1. The van der Waals surface area contributed by atoms with Gasteiger partial charge in [-0.3, -0.25) is 19.6 Å². The molecule has 0 atom stereocenters. The van der Waals surface area contributed by atoms with Crippen molar-refractivity contribution in [3.8, 4) is 5.75 Å². The number of amides is 1. The molecule has 0 radical (unpaired) electrons. The molecule has 0 saturated heterocycles. The van der Waals surface area contributed by atoms with E-state index in [0.29, 0.717) is 11.3 Å². The Balaban J connectivity index is 2.15. The van der Waals surface area contributed by atoms with Gasteiger partial charge in [0, 0.05) is 19.2 Å². The monoisotopic (exact) mass is 379 g/mol. The lowest BCUT2D eigenvalue weighted by Gasteiger charge is -2.11. The largest absolute Gasteiger partial charge is 0.484 e. The maximum atomic E-state index is 12.4. The number of non-ortho nitro benzene ring substituents is 1. The normalized spacial score (nSPS) is 10.8. The van der Waals surface area contributed by atoms with Crippen molar-refractivity contribution in [2.45, 2.75) is 11.8 Å². The van der Waals surface area contributed by atoms with Crippen molar-refractivity contribution in [2.24, 2.45) is 0 Å². The Morgan fingerprint density at radius 1 is 1.19 bits per heavy atom. The molecule has 0 bridgehead atoms. The first-order chi connectivity index (χ1) is 12.2. The number of nitro groups is 1. The molecule has 0 saturated carbocycles. The molecule has 138 valence electrons. The lowest BCUT2D eigenvalue weighted by Crippen LogP contribution is -2.24. The van der Waals surface area contributed by atoms with Gasteiger partial charge in [0.2, 0.25) is 0 Å². The zero-order chi connectivity index (χ0) is 19.3. The number of sulfonamides is 1. The first-order valence-electron chi connectivity index (χ1n) is 7.44. The number of nitrogens with zero attached hydrogens (tertiary/aromatic N) is 1. The van der Waals surface area contributed by atoms with E-state index < -0.39 is 14.9 Å². The maximum Gasteiger partial charge on any atom is 0.269 e. The van der Waals surface area contributed by atoms with Crippen LogP contribution in [0, 0.1) is 17.0 Å². The standard InChI is InChI=1S/C16H17N3O6S/c1-11-9-12(19(21)22)3-8-15(11)18-26(23,24)14-6-4-13(5-7-14)25-10-16(20)17-2/h3-9,18H,10H2,1-2H3,(H,17,20). The molecular weight excluding hydrogens is 362 g/mol. The molecule has 0 aliphatic rings. The second kappa shape index (κ2) is 7.83. The smallest absolute Gasteiger partial charge is 0.269 e. The van der Waals surface area contributed by atoms with Gasteiger partial charge in [0.25, 0.3) is 21.6 Å². The predicted octanol–water partition coefficient (Wildman–Crippen LogP) is 1.83. The number of ether oxygens (including phenoxy) is 1. The fourth-order valence-electron chi connectivity index (χ4n) is 2.02. The second-order valence-corrected chi connectivity index (χ2v) is 6.98. The lowest BCUT2D eigenvalue weighted by molar-refractivity contribution is -0.384. The van der Waals surface area contributed by atoms with Gasteiger partial charge in [-0.1, -0.05) is 0 Å². The summed E-state index contributed by atoms with van der Waals surface area (Å²) in [6, 6.07) is 9.38. The van der Waals surface area contributed by atoms with Crippen molar-refractivity contribution >= 4 is 27.3 Å². The van der Waals surface area contributed by atoms with Gasteiger partial charge in [-0.15, -0.1) is 0 Å². The van der Waals surface area contributed by atoms with Crippen molar-refractivity contribution in [1.29, 1.82) is 0 Å². The van der Waals surface area contributed by atoms with Crippen molar-refractivity contribution in [1.82, 2.24) is 5.32 Å². The molecule has 2 aromatic rings. The van der Waals surface area contributed by atoms with E-state index in [-0.39, 0.29) is 28.8 Å². The Morgan fingerprint density at radius 3 is 2.38 bits per heavy atom. The van der Waals surface area contributed by atoms with E-state index in [0.717, 1.165) is 0 Å². The second-order valence-electron chi connectivity index (χ2n) is 5.30. The molecular formula is C16H17N3O6S. The average molecular weight is 379 g/mol. The molecule has 0 unspecified atom stereocenters. The summed E-state index contributed by atoms with van der Waals surface area (Å²) in [4.78, 5) is 21.3. The van der Waals surface area contributed by atoms with Crippen LogP contribution in [0.1, 0.15) is 5.56 Å². The van der Waals surface area contributed by atoms with Crippen LogP contribution < -0.4 is 14.8 Å². The summed E-state index contributed by atoms with van der Waals surface area (Å²) in [6.45, 7) is 1.39. The number of likely N-dealkylation sites (N-methyl/N-ethyl adjacent to an activating group) is 1. The highest BCUT2D eigenvalue weighted by Crippen LogP contribution is 2.24. The number of anilines is 1. The molecule has 0 fully saturated rings. The first-order valence-corrected chi connectivity index (χ1v) is 8.92. The highest BCUT2D eigenvalue weighted by molar-refractivity contribution is 7.92. The third-order valence-corrected chi connectivity index (χ3v) is 4.83. The van der Waals surface area contributed by atoms with Crippen LogP contribution >= 0.6 is 0 Å². The fraction of sp³-hybridized carbons (Fsp3) is 0.188. The van der Waals surface area contributed by atoms with E-state index >= 15 is 0 Å². The third kappa shape index (κ3) is 4.70. The molecule has 2 aromatic carbocycles. The van der Waals surface area contributed by atoms with Gasteiger partial charge >= 0.3 is 0 Å². The predicted molar refractivity (Wildman–Crippen MR) is 94.6 cm³/mol. The van der Waals surface area contributed by atoms with Gasteiger partial charge in [0.1, 0.15) is 5.75 Å². The highest BCUT2D eigenvalue weighted by Gasteiger charge is 2.17. The Hall–Kier alpha value is -3.14.